The molecular formula is C20H21N5O. The minimum absolute atomic E-state index is 0.0302. The third kappa shape index (κ3) is 4.63. The van der Waals surface area contributed by atoms with Gasteiger partial charge in [-0.25, -0.2) is 9.97 Å². The van der Waals surface area contributed by atoms with Gasteiger partial charge in [-0.2, -0.15) is 0 Å². The van der Waals surface area contributed by atoms with Crippen molar-refractivity contribution in [1.82, 2.24) is 20.3 Å². The molecule has 0 saturated carbocycles. The number of anilines is 1. The second-order valence-corrected chi connectivity index (χ2v) is 6.13. The van der Waals surface area contributed by atoms with Crippen molar-refractivity contribution in [2.75, 3.05) is 5.32 Å². The molecule has 0 radical (unpaired) electrons. The van der Waals surface area contributed by atoms with Crippen LogP contribution in [0.5, 0.6) is 0 Å². The van der Waals surface area contributed by atoms with Crippen LogP contribution in [0.3, 0.4) is 0 Å². The molecule has 6 nitrogen and oxygen atoms in total. The number of amides is 1. The molecule has 1 amide bonds. The summed E-state index contributed by atoms with van der Waals surface area (Å²) in [7, 11) is 0. The number of carbonyl (C=O) groups is 1. The van der Waals surface area contributed by atoms with Crippen molar-refractivity contribution in [2.24, 2.45) is 0 Å². The van der Waals surface area contributed by atoms with Crippen LogP contribution in [-0.4, -0.2) is 26.9 Å². The molecule has 0 saturated heterocycles. The Morgan fingerprint density at radius 1 is 1.04 bits per heavy atom. The van der Waals surface area contributed by atoms with Gasteiger partial charge in [0.2, 0.25) is 0 Å². The van der Waals surface area contributed by atoms with E-state index in [4.69, 9.17) is 0 Å². The van der Waals surface area contributed by atoms with Crippen LogP contribution in [0.4, 0.5) is 5.82 Å². The molecule has 3 rings (SSSR count). The minimum Gasteiger partial charge on any atom is -0.364 e. The molecule has 0 aliphatic heterocycles. The summed E-state index contributed by atoms with van der Waals surface area (Å²) >= 11 is 0. The molecule has 2 aromatic heterocycles. The first-order chi connectivity index (χ1) is 12.6. The molecule has 0 bridgehead atoms. The summed E-state index contributed by atoms with van der Waals surface area (Å²) in [6.45, 7) is 4.34. The lowest BCUT2D eigenvalue weighted by atomic mass is 10.2. The maximum atomic E-state index is 12.4. The quantitative estimate of drug-likeness (QED) is 0.715. The number of nitrogens with zero attached hydrogens (tertiary/aromatic N) is 3. The maximum absolute atomic E-state index is 12.4. The zero-order valence-corrected chi connectivity index (χ0v) is 14.8. The SMILES string of the molecule is CC(C)NC(=O)c1cc(NCc2ccccn2)nc(-c2ccccc2)n1. The van der Waals surface area contributed by atoms with Gasteiger partial charge in [0.1, 0.15) is 11.5 Å². The second kappa shape index (κ2) is 8.20. The highest BCUT2D eigenvalue weighted by atomic mass is 16.1. The largest absolute Gasteiger partial charge is 0.364 e. The maximum Gasteiger partial charge on any atom is 0.270 e. The highest BCUT2D eigenvalue weighted by molar-refractivity contribution is 5.93. The molecule has 0 unspecified atom stereocenters. The molecule has 0 aliphatic rings. The topological polar surface area (TPSA) is 79.8 Å². The lowest BCUT2D eigenvalue weighted by Gasteiger charge is -2.12. The number of carbonyl (C=O) groups excluding carboxylic acids is 1. The Morgan fingerprint density at radius 2 is 1.81 bits per heavy atom. The van der Waals surface area contributed by atoms with Gasteiger partial charge in [-0.3, -0.25) is 9.78 Å². The van der Waals surface area contributed by atoms with Gasteiger partial charge < -0.3 is 10.6 Å². The third-order valence-electron chi connectivity index (χ3n) is 3.59. The standard InChI is InChI=1S/C20H21N5O/c1-14(2)23-20(26)17-12-18(22-13-16-10-6-7-11-21-16)25-19(24-17)15-8-4-3-5-9-15/h3-12,14H,13H2,1-2H3,(H,23,26)(H,22,24,25). The molecule has 0 fully saturated rings. The average molecular weight is 347 g/mol. The van der Waals surface area contributed by atoms with Crippen molar-refractivity contribution in [3.8, 4) is 11.4 Å². The van der Waals surface area contributed by atoms with Crippen LogP contribution in [0.15, 0.2) is 60.8 Å². The van der Waals surface area contributed by atoms with Gasteiger partial charge in [0.05, 0.1) is 12.2 Å². The molecule has 0 spiro atoms. The first kappa shape index (κ1) is 17.5. The summed E-state index contributed by atoms with van der Waals surface area (Å²) in [5.41, 5.74) is 2.07. The number of aromatic nitrogens is 3. The van der Waals surface area contributed by atoms with Crippen molar-refractivity contribution in [1.29, 1.82) is 0 Å². The summed E-state index contributed by atoms with van der Waals surface area (Å²) in [5.74, 6) is 0.865. The zero-order chi connectivity index (χ0) is 18.4. The molecule has 1 aromatic carbocycles. The van der Waals surface area contributed by atoms with E-state index < -0.39 is 0 Å². The molecule has 3 aromatic rings. The first-order valence-electron chi connectivity index (χ1n) is 8.51. The van der Waals surface area contributed by atoms with Crippen molar-refractivity contribution >= 4 is 11.7 Å². The fourth-order valence-corrected chi connectivity index (χ4v) is 2.39. The van der Waals surface area contributed by atoms with Crippen molar-refractivity contribution in [3.63, 3.8) is 0 Å². The smallest absolute Gasteiger partial charge is 0.270 e. The van der Waals surface area contributed by atoms with Gasteiger partial charge in [0.15, 0.2) is 5.82 Å². The monoisotopic (exact) mass is 347 g/mol. The third-order valence-corrected chi connectivity index (χ3v) is 3.59. The van der Waals surface area contributed by atoms with Gasteiger partial charge >= 0.3 is 0 Å². The number of hydrogen-bond donors (Lipinski definition) is 2. The number of pyridine rings is 1. The number of benzene rings is 1. The van der Waals surface area contributed by atoms with Crippen LogP contribution < -0.4 is 10.6 Å². The minimum atomic E-state index is -0.222. The Bertz CT molecular complexity index is 866. The van der Waals surface area contributed by atoms with Gasteiger partial charge in [0, 0.05) is 23.9 Å². The lowest BCUT2D eigenvalue weighted by Crippen LogP contribution is -2.31. The average Bonchev–Trinajstić information content (AvgIpc) is 2.67. The number of rotatable bonds is 6. The van der Waals surface area contributed by atoms with E-state index >= 15 is 0 Å². The molecule has 6 heteroatoms. The van der Waals surface area contributed by atoms with Crippen molar-refractivity contribution < 1.29 is 4.79 Å². The Kier molecular flexibility index (Phi) is 5.53. The normalized spacial score (nSPS) is 10.6. The Hall–Kier alpha value is -3.28. The van der Waals surface area contributed by atoms with Gasteiger partial charge in [-0.05, 0) is 26.0 Å². The summed E-state index contributed by atoms with van der Waals surface area (Å²) in [4.78, 5) is 25.7. The highest BCUT2D eigenvalue weighted by Gasteiger charge is 2.14. The van der Waals surface area contributed by atoms with Gasteiger partial charge in [0.25, 0.3) is 5.91 Å². The Balaban J connectivity index is 1.90. The van der Waals surface area contributed by atoms with Gasteiger partial charge in [-0.1, -0.05) is 36.4 Å². The van der Waals surface area contributed by atoms with E-state index in [2.05, 4.69) is 25.6 Å². The molecule has 0 atom stereocenters. The fraction of sp³-hybridized carbons (Fsp3) is 0.200. The van der Waals surface area contributed by atoms with E-state index in [1.807, 2.05) is 62.4 Å². The highest BCUT2D eigenvalue weighted by Crippen LogP contribution is 2.18. The summed E-state index contributed by atoms with van der Waals surface area (Å²) in [6.07, 6.45) is 1.74. The van der Waals surface area contributed by atoms with Crippen LogP contribution in [0.1, 0.15) is 30.0 Å². The summed E-state index contributed by atoms with van der Waals surface area (Å²) in [5, 5.41) is 6.10. The predicted octanol–water partition coefficient (Wildman–Crippen LogP) is 3.29. The predicted molar refractivity (Wildman–Crippen MR) is 102 cm³/mol. The van der Waals surface area contributed by atoms with Crippen LogP contribution in [0.2, 0.25) is 0 Å². The van der Waals surface area contributed by atoms with E-state index in [1.165, 1.54) is 0 Å². The molecule has 132 valence electrons. The van der Waals surface area contributed by atoms with Crippen LogP contribution in [0, 0.1) is 0 Å². The lowest BCUT2D eigenvalue weighted by molar-refractivity contribution is 0.0938. The zero-order valence-electron chi connectivity index (χ0n) is 14.8. The van der Waals surface area contributed by atoms with Crippen LogP contribution in [0.25, 0.3) is 11.4 Å². The van der Waals surface area contributed by atoms with E-state index in [0.717, 1.165) is 11.3 Å². The van der Waals surface area contributed by atoms with E-state index in [1.54, 1.807) is 12.3 Å². The summed E-state index contributed by atoms with van der Waals surface area (Å²) < 4.78 is 0. The molecule has 0 aliphatic carbocycles. The van der Waals surface area contributed by atoms with E-state index in [0.29, 0.717) is 23.9 Å². The molecule has 2 N–H and O–H groups in total. The van der Waals surface area contributed by atoms with Crippen LogP contribution >= 0.6 is 0 Å². The Morgan fingerprint density at radius 3 is 2.50 bits per heavy atom. The number of nitrogens with one attached hydrogen (secondary N) is 2. The summed E-state index contributed by atoms with van der Waals surface area (Å²) in [6, 6.07) is 17.0. The van der Waals surface area contributed by atoms with Crippen LogP contribution in [-0.2, 0) is 6.54 Å². The second-order valence-electron chi connectivity index (χ2n) is 6.13. The number of hydrogen-bond acceptors (Lipinski definition) is 5. The molecule has 2 heterocycles. The van der Waals surface area contributed by atoms with Gasteiger partial charge in [-0.15, -0.1) is 0 Å². The molecule has 26 heavy (non-hydrogen) atoms. The van der Waals surface area contributed by atoms with Crippen molar-refractivity contribution in [3.05, 3.63) is 72.2 Å². The fourth-order valence-electron chi connectivity index (χ4n) is 2.39. The first-order valence-corrected chi connectivity index (χ1v) is 8.51. The Labute approximate surface area is 152 Å². The molecular weight excluding hydrogens is 326 g/mol. The van der Waals surface area contributed by atoms with E-state index in [-0.39, 0.29) is 11.9 Å². The van der Waals surface area contributed by atoms with E-state index in [9.17, 15) is 4.79 Å². The van der Waals surface area contributed by atoms with Crippen molar-refractivity contribution in [2.45, 2.75) is 26.4 Å².